The molecule has 1 aliphatic rings. The molecule has 1 aliphatic heterocycles. The molecule has 0 aromatic carbocycles. The topological polar surface area (TPSA) is 38.1 Å². The van der Waals surface area contributed by atoms with Crippen LogP contribution in [0.15, 0.2) is 24.9 Å². The highest BCUT2D eigenvalue weighted by atomic mass is 16.2. The van der Waals surface area contributed by atoms with Crippen molar-refractivity contribution in [2.75, 3.05) is 13.1 Å². The number of likely N-dealkylation sites (tertiary alicyclic amines) is 1. The molecule has 1 saturated heterocycles. The maximum Gasteiger partial charge on any atom is 0.245 e. The van der Waals surface area contributed by atoms with Gasteiger partial charge in [0.15, 0.2) is 0 Å². The predicted molar refractivity (Wildman–Crippen MR) is 71.3 cm³/mol. The number of aromatic nitrogens is 2. The minimum atomic E-state index is 0.0514. The molecule has 0 saturated carbocycles. The maximum absolute atomic E-state index is 11.5. The first-order valence-corrected chi connectivity index (χ1v) is 6.69. The van der Waals surface area contributed by atoms with Crippen molar-refractivity contribution < 1.29 is 4.79 Å². The molecule has 4 heteroatoms. The lowest BCUT2D eigenvalue weighted by Gasteiger charge is -2.31. The van der Waals surface area contributed by atoms with Crippen molar-refractivity contribution in [3.8, 4) is 0 Å². The number of nitrogens with zero attached hydrogens (tertiary/aromatic N) is 3. The first-order chi connectivity index (χ1) is 8.76. The minimum absolute atomic E-state index is 0.0514. The van der Waals surface area contributed by atoms with Crippen LogP contribution in [-0.4, -0.2) is 33.7 Å². The number of hydrogen-bond donors (Lipinski definition) is 0. The van der Waals surface area contributed by atoms with E-state index < -0.39 is 0 Å². The van der Waals surface area contributed by atoms with Crippen molar-refractivity contribution in [1.29, 1.82) is 0 Å². The van der Waals surface area contributed by atoms with Gasteiger partial charge in [0.2, 0.25) is 5.91 Å². The first kappa shape index (κ1) is 12.9. The van der Waals surface area contributed by atoms with Crippen LogP contribution in [0.25, 0.3) is 0 Å². The number of piperidine rings is 1. The molecule has 0 bridgehead atoms. The molecule has 0 spiro atoms. The van der Waals surface area contributed by atoms with E-state index in [0.717, 1.165) is 38.9 Å². The second kappa shape index (κ2) is 5.85. The van der Waals surface area contributed by atoms with Crippen LogP contribution in [0.5, 0.6) is 0 Å². The fourth-order valence-electron chi connectivity index (χ4n) is 2.61. The molecule has 0 atom stereocenters. The zero-order valence-electron chi connectivity index (χ0n) is 11.0. The summed E-state index contributed by atoms with van der Waals surface area (Å²) in [6.07, 6.45) is 6.43. The third-order valence-corrected chi connectivity index (χ3v) is 3.58. The summed E-state index contributed by atoms with van der Waals surface area (Å²) in [6.45, 7) is 8.33. The molecule has 1 aromatic rings. The highest BCUT2D eigenvalue weighted by molar-refractivity contribution is 5.87. The molecule has 1 aromatic heterocycles. The molecule has 1 fully saturated rings. The van der Waals surface area contributed by atoms with Crippen molar-refractivity contribution in [3.63, 3.8) is 0 Å². The summed E-state index contributed by atoms with van der Waals surface area (Å²) in [7, 11) is 0. The smallest absolute Gasteiger partial charge is 0.245 e. The van der Waals surface area contributed by atoms with Crippen LogP contribution < -0.4 is 0 Å². The molecule has 0 aliphatic carbocycles. The molecule has 98 valence electrons. The summed E-state index contributed by atoms with van der Waals surface area (Å²) in [5.74, 6) is 0.587. The fraction of sp³-hybridized carbons (Fsp3) is 0.571. The Morgan fingerprint density at radius 2 is 2.28 bits per heavy atom. The third kappa shape index (κ3) is 2.63. The lowest BCUT2D eigenvalue weighted by atomic mass is 9.93. The minimum Gasteiger partial charge on any atom is -0.339 e. The average molecular weight is 247 g/mol. The number of rotatable bonds is 4. The van der Waals surface area contributed by atoms with E-state index in [2.05, 4.69) is 29.3 Å². The Morgan fingerprint density at radius 3 is 2.89 bits per heavy atom. The van der Waals surface area contributed by atoms with E-state index in [0.29, 0.717) is 5.92 Å². The third-order valence-electron chi connectivity index (χ3n) is 3.58. The molecule has 0 N–H and O–H groups in total. The van der Waals surface area contributed by atoms with Gasteiger partial charge in [0.05, 0.1) is 0 Å². The van der Waals surface area contributed by atoms with Crippen molar-refractivity contribution in [1.82, 2.24) is 14.7 Å². The van der Waals surface area contributed by atoms with Crippen LogP contribution in [-0.2, 0) is 11.3 Å². The lowest BCUT2D eigenvalue weighted by molar-refractivity contribution is -0.127. The average Bonchev–Trinajstić information content (AvgIpc) is 2.87. The Labute approximate surface area is 108 Å². The fourth-order valence-corrected chi connectivity index (χ4v) is 2.61. The van der Waals surface area contributed by atoms with E-state index in [1.54, 1.807) is 0 Å². The summed E-state index contributed by atoms with van der Waals surface area (Å²) in [4.78, 5) is 13.4. The van der Waals surface area contributed by atoms with Crippen LogP contribution in [0.2, 0.25) is 0 Å². The van der Waals surface area contributed by atoms with Gasteiger partial charge in [-0.25, -0.2) is 0 Å². The van der Waals surface area contributed by atoms with E-state index in [4.69, 9.17) is 0 Å². The normalized spacial score (nSPS) is 16.8. The molecule has 0 unspecified atom stereocenters. The SMILES string of the molecule is C=CC(=O)N1CCC(c2ccnn2CCC)CC1. The second-order valence-electron chi connectivity index (χ2n) is 4.78. The Bertz CT molecular complexity index is 416. The zero-order valence-corrected chi connectivity index (χ0v) is 11.0. The number of hydrogen-bond acceptors (Lipinski definition) is 2. The van der Waals surface area contributed by atoms with Crippen LogP contribution in [0, 0.1) is 0 Å². The predicted octanol–water partition coefficient (Wildman–Crippen LogP) is 2.19. The van der Waals surface area contributed by atoms with E-state index in [1.807, 2.05) is 11.1 Å². The number of carbonyl (C=O) groups excluding carboxylic acids is 1. The number of amides is 1. The highest BCUT2D eigenvalue weighted by Gasteiger charge is 2.24. The van der Waals surface area contributed by atoms with Gasteiger partial charge in [-0.05, 0) is 31.4 Å². The molecule has 4 nitrogen and oxygen atoms in total. The second-order valence-corrected chi connectivity index (χ2v) is 4.78. The lowest BCUT2D eigenvalue weighted by Crippen LogP contribution is -2.37. The van der Waals surface area contributed by atoms with E-state index >= 15 is 0 Å². The molecule has 2 rings (SSSR count). The van der Waals surface area contributed by atoms with Gasteiger partial charge in [0.25, 0.3) is 0 Å². The number of aryl methyl sites for hydroxylation is 1. The molecule has 0 radical (unpaired) electrons. The molecular formula is C14H21N3O. The van der Waals surface area contributed by atoms with Gasteiger partial charge >= 0.3 is 0 Å². The molecular weight excluding hydrogens is 226 g/mol. The van der Waals surface area contributed by atoms with Crippen LogP contribution in [0.3, 0.4) is 0 Å². The Hall–Kier alpha value is -1.58. The van der Waals surface area contributed by atoms with Gasteiger partial charge in [-0.3, -0.25) is 9.48 Å². The zero-order chi connectivity index (χ0) is 13.0. The van der Waals surface area contributed by atoms with Crippen molar-refractivity contribution in [2.24, 2.45) is 0 Å². The number of carbonyl (C=O) groups is 1. The summed E-state index contributed by atoms with van der Waals surface area (Å²) >= 11 is 0. The van der Waals surface area contributed by atoms with Gasteiger partial charge < -0.3 is 4.90 Å². The van der Waals surface area contributed by atoms with E-state index in [1.165, 1.54) is 11.8 Å². The standard InChI is InChI=1S/C14H21N3O/c1-3-9-17-13(5-8-15-17)12-6-10-16(11-7-12)14(18)4-2/h4-5,8,12H,2-3,6-7,9-11H2,1H3. The molecule has 1 amide bonds. The maximum atomic E-state index is 11.5. The van der Waals surface area contributed by atoms with Gasteiger partial charge in [0.1, 0.15) is 0 Å². The van der Waals surface area contributed by atoms with Crippen LogP contribution >= 0.6 is 0 Å². The Balaban J connectivity index is 1.98. The summed E-state index contributed by atoms with van der Waals surface area (Å²) < 4.78 is 2.11. The van der Waals surface area contributed by atoms with Gasteiger partial charge in [-0.2, -0.15) is 5.10 Å². The van der Waals surface area contributed by atoms with E-state index in [-0.39, 0.29) is 5.91 Å². The largest absolute Gasteiger partial charge is 0.339 e. The summed E-state index contributed by atoms with van der Waals surface area (Å²) in [6, 6.07) is 2.12. The summed E-state index contributed by atoms with van der Waals surface area (Å²) in [5.41, 5.74) is 1.32. The van der Waals surface area contributed by atoms with Crippen LogP contribution in [0.1, 0.15) is 37.8 Å². The van der Waals surface area contributed by atoms with Crippen molar-refractivity contribution in [3.05, 3.63) is 30.6 Å². The van der Waals surface area contributed by atoms with Crippen molar-refractivity contribution >= 4 is 5.91 Å². The van der Waals surface area contributed by atoms with E-state index in [9.17, 15) is 4.79 Å². The molecule has 18 heavy (non-hydrogen) atoms. The molecule has 2 heterocycles. The van der Waals surface area contributed by atoms with Crippen LogP contribution in [0.4, 0.5) is 0 Å². The van der Waals surface area contributed by atoms with Gasteiger partial charge in [-0.1, -0.05) is 13.5 Å². The first-order valence-electron chi connectivity index (χ1n) is 6.69. The highest BCUT2D eigenvalue weighted by Crippen LogP contribution is 2.27. The van der Waals surface area contributed by atoms with Gasteiger partial charge in [0, 0.05) is 37.4 Å². The Morgan fingerprint density at radius 1 is 1.56 bits per heavy atom. The van der Waals surface area contributed by atoms with Gasteiger partial charge in [-0.15, -0.1) is 0 Å². The quantitative estimate of drug-likeness (QED) is 0.765. The monoisotopic (exact) mass is 247 g/mol. The van der Waals surface area contributed by atoms with Crippen molar-refractivity contribution in [2.45, 2.75) is 38.6 Å². The summed E-state index contributed by atoms with van der Waals surface area (Å²) in [5, 5.41) is 4.37. The Kier molecular flexibility index (Phi) is 4.18.